The lowest BCUT2D eigenvalue weighted by molar-refractivity contribution is 0.615. The molecule has 0 unspecified atom stereocenters. The van der Waals surface area contributed by atoms with Crippen molar-refractivity contribution in [3.8, 4) is 0 Å². The molecule has 0 spiro atoms. The lowest BCUT2D eigenvalue weighted by atomic mass is 10.1. The molecule has 1 aliphatic rings. The Morgan fingerprint density at radius 2 is 2.00 bits per heavy atom. The molecule has 134 valence electrons. The lowest BCUT2D eigenvalue weighted by Crippen LogP contribution is -2.22. The van der Waals surface area contributed by atoms with E-state index < -0.39 is 5.82 Å². The maximum atomic E-state index is 13.4. The molecule has 0 radical (unpaired) electrons. The summed E-state index contributed by atoms with van der Waals surface area (Å²) in [6, 6.07) is 12.8. The van der Waals surface area contributed by atoms with Gasteiger partial charge in [-0.15, -0.1) is 0 Å². The molecular weight excluding hydrogens is 351 g/mol. The molecule has 0 aliphatic heterocycles. The third-order valence-electron chi connectivity index (χ3n) is 4.73. The zero-order valence-corrected chi connectivity index (χ0v) is 15.2. The second-order valence-electron chi connectivity index (χ2n) is 6.66. The molecule has 1 aromatic heterocycles. The lowest BCUT2D eigenvalue weighted by Gasteiger charge is -2.19. The number of fused-ring (bicyclic) bond motifs is 1. The normalized spacial score (nSPS) is 15.0. The Hall–Kier alpha value is -2.40. The predicted molar refractivity (Wildman–Crippen MR) is 105 cm³/mol. The van der Waals surface area contributed by atoms with Crippen LogP contribution in [0.1, 0.15) is 26.2 Å². The van der Waals surface area contributed by atoms with Crippen LogP contribution in [0.4, 0.5) is 21.8 Å². The van der Waals surface area contributed by atoms with Gasteiger partial charge in [0.05, 0.1) is 10.5 Å². The molecule has 0 bridgehead atoms. The van der Waals surface area contributed by atoms with Crippen molar-refractivity contribution in [2.45, 2.75) is 32.2 Å². The molecule has 6 heteroatoms. The van der Waals surface area contributed by atoms with Crippen LogP contribution in [0.25, 0.3) is 10.9 Å². The number of hydrogen-bond acceptors (Lipinski definition) is 4. The van der Waals surface area contributed by atoms with E-state index in [4.69, 9.17) is 11.6 Å². The van der Waals surface area contributed by atoms with Crippen LogP contribution in [0.3, 0.4) is 0 Å². The van der Waals surface area contributed by atoms with E-state index in [1.807, 2.05) is 24.3 Å². The fraction of sp³-hybridized carbons (Fsp3) is 0.300. The molecule has 4 nitrogen and oxygen atoms in total. The topological polar surface area (TPSA) is 49.8 Å². The maximum absolute atomic E-state index is 13.4. The highest BCUT2D eigenvalue weighted by Crippen LogP contribution is 2.36. The first-order valence-corrected chi connectivity index (χ1v) is 9.27. The van der Waals surface area contributed by atoms with Crippen molar-refractivity contribution < 1.29 is 4.39 Å². The van der Waals surface area contributed by atoms with Crippen LogP contribution in [-0.4, -0.2) is 16.0 Å². The van der Waals surface area contributed by atoms with Gasteiger partial charge in [0.15, 0.2) is 0 Å². The van der Waals surface area contributed by atoms with Crippen LogP contribution in [-0.2, 0) is 0 Å². The Morgan fingerprint density at radius 1 is 1.19 bits per heavy atom. The van der Waals surface area contributed by atoms with Crippen molar-refractivity contribution >= 4 is 40.0 Å². The van der Waals surface area contributed by atoms with Gasteiger partial charge in [-0.1, -0.05) is 30.7 Å². The molecule has 0 saturated heterocycles. The summed E-state index contributed by atoms with van der Waals surface area (Å²) in [5, 5.41) is 7.79. The molecule has 3 aromatic rings. The van der Waals surface area contributed by atoms with Crippen molar-refractivity contribution in [3.05, 3.63) is 53.3 Å². The molecule has 2 N–H and O–H groups in total. The summed E-state index contributed by atoms with van der Waals surface area (Å²) in [7, 11) is 0. The minimum Gasteiger partial charge on any atom is -0.366 e. The van der Waals surface area contributed by atoms with E-state index in [-0.39, 0.29) is 5.02 Å². The summed E-state index contributed by atoms with van der Waals surface area (Å²) in [4.78, 5) is 9.25. The van der Waals surface area contributed by atoms with Gasteiger partial charge >= 0.3 is 0 Å². The summed E-state index contributed by atoms with van der Waals surface area (Å²) < 4.78 is 13.4. The van der Waals surface area contributed by atoms with E-state index in [1.54, 1.807) is 6.07 Å². The zero-order chi connectivity index (χ0) is 18.1. The number of para-hydroxylation sites is 1. The molecule has 1 fully saturated rings. The number of hydrogen-bond donors (Lipinski definition) is 2. The minimum absolute atomic E-state index is 0.0638. The highest BCUT2D eigenvalue weighted by molar-refractivity contribution is 6.31. The molecule has 26 heavy (non-hydrogen) atoms. The van der Waals surface area contributed by atoms with Crippen molar-refractivity contribution in [2.24, 2.45) is 5.92 Å². The first-order valence-electron chi connectivity index (χ1n) is 8.89. The Bertz CT molecular complexity index is 942. The standard InChI is InChI=1S/C20H20ClFN4/c1-2-17(12-7-8-12)24-19-14-5-3-4-6-18(14)25-20(26-19)23-13-9-10-16(22)15(21)11-13/h3-6,9-12,17H,2,7-8H2,1H3,(H2,23,24,25,26)/t17-/m0/s1. The van der Waals surface area contributed by atoms with Crippen LogP contribution in [0.2, 0.25) is 5.02 Å². The molecule has 2 aromatic carbocycles. The van der Waals surface area contributed by atoms with E-state index >= 15 is 0 Å². The fourth-order valence-electron chi connectivity index (χ4n) is 3.17. The van der Waals surface area contributed by atoms with Crippen molar-refractivity contribution in [3.63, 3.8) is 0 Å². The Balaban J connectivity index is 1.69. The number of halogens is 2. The van der Waals surface area contributed by atoms with Crippen LogP contribution in [0.15, 0.2) is 42.5 Å². The number of nitrogens with one attached hydrogen (secondary N) is 2. The molecule has 0 amide bonds. The number of benzene rings is 2. The van der Waals surface area contributed by atoms with Gasteiger partial charge in [-0.25, -0.2) is 9.37 Å². The smallest absolute Gasteiger partial charge is 0.229 e. The minimum atomic E-state index is -0.450. The highest BCUT2D eigenvalue weighted by atomic mass is 35.5. The maximum Gasteiger partial charge on any atom is 0.229 e. The third kappa shape index (κ3) is 3.58. The average Bonchev–Trinajstić information content (AvgIpc) is 3.48. The van der Waals surface area contributed by atoms with Crippen LogP contribution >= 0.6 is 11.6 Å². The van der Waals surface area contributed by atoms with E-state index in [9.17, 15) is 4.39 Å². The first-order chi connectivity index (χ1) is 12.6. The highest BCUT2D eigenvalue weighted by Gasteiger charge is 2.30. The average molecular weight is 371 g/mol. The monoisotopic (exact) mass is 370 g/mol. The van der Waals surface area contributed by atoms with Gasteiger partial charge < -0.3 is 10.6 Å². The van der Waals surface area contributed by atoms with Crippen molar-refractivity contribution in [2.75, 3.05) is 10.6 Å². The molecule has 1 aliphatic carbocycles. The molecule has 1 atom stereocenters. The molecule has 1 heterocycles. The Labute approximate surface area is 156 Å². The summed E-state index contributed by atoms with van der Waals surface area (Å²) >= 11 is 5.87. The number of anilines is 3. The number of nitrogens with zero attached hydrogens (tertiary/aromatic N) is 2. The summed E-state index contributed by atoms with van der Waals surface area (Å²) in [5.74, 6) is 1.56. The second kappa shape index (κ2) is 7.08. The second-order valence-corrected chi connectivity index (χ2v) is 7.07. The number of aromatic nitrogens is 2. The van der Waals surface area contributed by atoms with Gasteiger partial charge in [0.2, 0.25) is 5.95 Å². The van der Waals surface area contributed by atoms with E-state index in [0.717, 1.165) is 29.1 Å². The van der Waals surface area contributed by atoms with Gasteiger partial charge in [-0.05, 0) is 55.5 Å². The van der Waals surface area contributed by atoms with Crippen LogP contribution < -0.4 is 10.6 Å². The van der Waals surface area contributed by atoms with E-state index in [1.165, 1.54) is 25.0 Å². The van der Waals surface area contributed by atoms with E-state index in [0.29, 0.717) is 17.7 Å². The molecule has 4 rings (SSSR count). The largest absolute Gasteiger partial charge is 0.366 e. The SMILES string of the molecule is CC[C@H](Nc1nc(Nc2ccc(F)c(Cl)c2)nc2ccccc12)C1CC1. The Morgan fingerprint density at radius 3 is 2.73 bits per heavy atom. The zero-order valence-electron chi connectivity index (χ0n) is 14.5. The summed E-state index contributed by atoms with van der Waals surface area (Å²) in [6.45, 7) is 2.19. The summed E-state index contributed by atoms with van der Waals surface area (Å²) in [6.07, 6.45) is 3.60. The molecular formula is C20H20ClFN4. The van der Waals surface area contributed by atoms with E-state index in [2.05, 4.69) is 27.5 Å². The Kier molecular flexibility index (Phi) is 4.64. The number of rotatable bonds is 6. The van der Waals surface area contributed by atoms with Gasteiger partial charge in [0.1, 0.15) is 11.6 Å². The quantitative estimate of drug-likeness (QED) is 0.578. The summed E-state index contributed by atoms with van der Waals surface area (Å²) in [5.41, 5.74) is 1.50. The predicted octanol–water partition coefficient (Wildman–Crippen LogP) is 5.77. The van der Waals surface area contributed by atoms with Crippen LogP contribution in [0.5, 0.6) is 0 Å². The van der Waals surface area contributed by atoms with Crippen molar-refractivity contribution in [1.82, 2.24) is 9.97 Å². The van der Waals surface area contributed by atoms with Gasteiger partial charge in [0.25, 0.3) is 0 Å². The van der Waals surface area contributed by atoms with Crippen molar-refractivity contribution in [1.29, 1.82) is 0 Å². The third-order valence-corrected chi connectivity index (χ3v) is 5.02. The van der Waals surface area contributed by atoms with Gasteiger partial charge in [-0.3, -0.25) is 0 Å². The fourth-order valence-corrected chi connectivity index (χ4v) is 3.35. The molecule has 1 saturated carbocycles. The van der Waals surface area contributed by atoms with Gasteiger partial charge in [-0.2, -0.15) is 4.98 Å². The van der Waals surface area contributed by atoms with Crippen LogP contribution in [0, 0.1) is 11.7 Å². The first kappa shape index (κ1) is 17.0. The van der Waals surface area contributed by atoms with Gasteiger partial charge in [0, 0.05) is 17.1 Å².